The number of nitrogens with two attached hydrogens (primary N) is 1. The molecule has 3 N–H and O–H groups in total. The number of benzene rings is 2. The summed E-state index contributed by atoms with van der Waals surface area (Å²) < 4.78 is 16.8. The summed E-state index contributed by atoms with van der Waals surface area (Å²) in [6.45, 7) is 3.53. The number of aliphatic carboxylic acids is 1. The lowest BCUT2D eigenvalue weighted by Crippen LogP contribution is -2.44. The highest BCUT2D eigenvalue weighted by atomic mass is 16.7. The van der Waals surface area contributed by atoms with Crippen molar-refractivity contribution < 1.29 is 28.9 Å². The zero-order valence-electron chi connectivity index (χ0n) is 24.6. The van der Waals surface area contributed by atoms with Gasteiger partial charge in [0, 0.05) is 56.1 Å². The monoisotopic (exact) mass is 589 g/mol. The van der Waals surface area contributed by atoms with Gasteiger partial charge in [-0.25, -0.2) is 9.97 Å². The van der Waals surface area contributed by atoms with Crippen LogP contribution in [0.1, 0.15) is 49.1 Å². The Balaban J connectivity index is 1.47. The van der Waals surface area contributed by atoms with Gasteiger partial charge in [0.1, 0.15) is 5.82 Å². The van der Waals surface area contributed by atoms with Crippen molar-refractivity contribution in [2.24, 2.45) is 11.7 Å². The molecule has 3 heterocycles. The van der Waals surface area contributed by atoms with E-state index in [1.165, 1.54) is 0 Å². The summed E-state index contributed by atoms with van der Waals surface area (Å²) in [6.07, 6.45) is 6.08. The number of hydrogen-bond acceptors (Lipinski definition) is 9. The van der Waals surface area contributed by atoms with E-state index in [0.29, 0.717) is 55.5 Å². The molecule has 0 aliphatic carbocycles. The number of anilines is 1. The molecule has 228 valence electrons. The SMILES string of the molecule is CCCCN(C(=O)CN1C[C@H](c2cc(OC)c3c(c2)OCO3)[C@@H](C(=O)O)[C@@H]1CCc1ncccn1)c1cccc(CN)c1. The maximum absolute atomic E-state index is 14.0. The van der Waals surface area contributed by atoms with E-state index in [1.54, 1.807) is 30.5 Å². The van der Waals surface area contributed by atoms with Gasteiger partial charge in [-0.2, -0.15) is 0 Å². The van der Waals surface area contributed by atoms with Crippen molar-refractivity contribution >= 4 is 17.6 Å². The summed E-state index contributed by atoms with van der Waals surface area (Å²) in [7, 11) is 1.54. The Bertz CT molecular complexity index is 1420. The lowest BCUT2D eigenvalue weighted by atomic mass is 9.83. The molecule has 2 aliphatic rings. The van der Waals surface area contributed by atoms with Crippen LogP contribution < -0.4 is 24.8 Å². The second-order valence-electron chi connectivity index (χ2n) is 10.9. The number of carbonyl (C=O) groups is 2. The Kier molecular flexibility index (Phi) is 9.73. The van der Waals surface area contributed by atoms with Crippen LogP contribution in [-0.2, 0) is 22.6 Å². The van der Waals surface area contributed by atoms with Crippen LogP contribution in [0.3, 0.4) is 0 Å². The molecule has 5 rings (SSSR count). The molecule has 11 heteroatoms. The largest absolute Gasteiger partial charge is 0.493 e. The minimum Gasteiger partial charge on any atom is -0.493 e. The Morgan fingerprint density at radius 3 is 2.70 bits per heavy atom. The number of rotatable bonds is 13. The first-order valence-corrected chi connectivity index (χ1v) is 14.7. The lowest BCUT2D eigenvalue weighted by molar-refractivity contribution is -0.143. The average Bonchev–Trinajstić information content (AvgIpc) is 3.65. The highest BCUT2D eigenvalue weighted by Gasteiger charge is 2.47. The number of fused-ring (bicyclic) bond motifs is 1. The van der Waals surface area contributed by atoms with Gasteiger partial charge >= 0.3 is 5.97 Å². The molecular formula is C32H39N5O6. The molecule has 1 aromatic heterocycles. The smallest absolute Gasteiger partial charge is 0.308 e. The average molecular weight is 590 g/mol. The minimum atomic E-state index is -0.922. The summed E-state index contributed by atoms with van der Waals surface area (Å²) >= 11 is 0. The number of aryl methyl sites for hydroxylation is 1. The van der Waals surface area contributed by atoms with E-state index in [-0.39, 0.29) is 19.2 Å². The first-order valence-electron chi connectivity index (χ1n) is 14.7. The molecule has 0 spiro atoms. The third-order valence-electron chi connectivity index (χ3n) is 8.26. The fraction of sp³-hybridized carbons (Fsp3) is 0.438. The summed E-state index contributed by atoms with van der Waals surface area (Å²) in [5, 5.41) is 10.6. The van der Waals surface area contributed by atoms with Gasteiger partial charge in [0.25, 0.3) is 0 Å². The number of carbonyl (C=O) groups excluding carboxylic acids is 1. The van der Waals surface area contributed by atoms with Gasteiger partial charge in [-0.15, -0.1) is 0 Å². The maximum atomic E-state index is 14.0. The molecule has 0 radical (unpaired) electrons. The third-order valence-corrected chi connectivity index (χ3v) is 8.26. The highest BCUT2D eigenvalue weighted by molar-refractivity contribution is 5.95. The Morgan fingerprint density at radius 1 is 1.16 bits per heavy atom. The van der Waals surface area contributed by atoms with Crippen molar-refractivity contribution in [3.8, 4) is 17.2 Å². The van der Waals surface area contributed by atoms with Crippen molar-refractivity contribution in [2.75, 3.05) is 38.4 Å². The normalized spacial score (nSPS) is 19.4. The summed E-state index contributed by atoms with van der Waals surface area (Å²) in [4.78, 5) is 39.5. The zero-order valence-corrected chi connectivity index (χ0v) is 24.6. The lowest BCUT2D eigenvalue weighted by Gasteiger charge is -2.30. The molecule has 2 aliphatic heterocycles. The molecular weight excluding hydrogens is 550 g/mol. The van der Waals surface area contributed by atoms with E-state index < -0.39 is 23.8 Å². The molecule has 1 saturated heterocycles. The number of likely N-dealkylation sites (tertiary alicyclic amines) is 1. The number of ether oxygens (including phenoxy) is 3. The number of carboxylic acid groups (broad SMARTS) is 1. The van der Waals surface area contributed by atoms with E-state index >= 15 is 0 Å². The van der Waals surface area contributed by atoms with Crippen molar-refractivity contribution in [1.29, 1.82) is 0 Å². The molecule has 3 aromatic rings. The van der Waals surface area contributed by atoms with Crippen molar-refractivity contribution in [3.63, 3.8) is 0 Å². The summed E-state index contributed by atoms with van der Waals surface area (Å²) in [5.41, 5.74) is 8.39. The molecule has 0 bridgehead atoms. The van der Waals surface area contributed by atoms with E-state index in [4.69, 9.17) is 19.9 Å². The van der Waals surface area contributed by atoms with Gasteiger partial charge in [0.2, 0.25) is 18.4 Å². The molecule has 1 fully saturated rings. The quantitative estimate of drug-likeness (QED) is 0.304. The van der Waals surface area contributed by atoms with Crippen LogP contribution in [0, 0.1) is 5.92 Å². The van der Waals surface area contributed by atoms with E-state index in [9.17, 15) is 14.7 Å². The first-order chi connectivity index (χ1) is 20.9. The second kappa shape index (κ2) is 13.8. The zero-order chi connectivity index (χ0) is 30.3. The van der Waals surface area contributed by atoms with E-state index in [1.807, 2.05) is 41.3 Å². The van der Waals surface area contributed by atoms with Gasteiger partial charge in [0.15, 0.2) is 11.5 Å². The predicted molar refractivity (Wildman–Crippen MR) is 160 cm³/mol. The summed E-state index contributed by atoms with van der Waals surface area (Å²) in [5.74, 6) is -0.0605. The van der Waals surface area contributed by atoms with Crippen molar-refractivity contribution in [3.05, 3.63) is 71.8 Å². The van der Waals surface area contributed by atoms with Crippen LogP contribution in [0.25, 0.3) is 0 Å². The summed E-state index contributed by atoms with van der Waals surface area (Å²) in [6, 6.07) is 12.7. The fourth-order valence-electron chi connectivity index (χ4n) is 6.11. The van der Waals surface area contributed by atoms with Crippen LogP contribution in [0.15, 0.2) is 54.9 Å². The minimum absolute atomic E-state index is 0.0683. The molecule has 11 nitrogen and oxygen atoms in total. The molecule has 3 atom stereocenters. The highest BCUT2D eigenvalue weighted by Crippen LogP contribution is 2.47. The van der Waals surface area contributed by atoms with Crippen molar-refractivity contribution in [2.45, 2.75) is 51.1 Å². The number of nitrogens with zero attached hydrogens (tertiary/aromatic N) is 4. The predicted octanol–water partition coefficient (Wildman–Crippen LogP) is 3.61. The third kappa shape index (κ3) is 6.73. The first kappa shape index (κ1) is 30.2. The van der Waals surface area contributed by atoms with Crippen LogP contribution in [-0.4, -0.2) is 71.4 Å². The molecule has 0 unspecified atom stereocenters. The van der Waals surface area contributed by atoms with Gasteiger partial charge in [0.05, 0.1) is 19.6 Å². The van der Waals surface area contributed by atoms with Gasteiger partial charge in [-0.1, -0.05) is 25.5 Å². The van der Waals surface area contributed by atoms with Crippen molar-refractivity contribution in [1.82, 2.24) is 14.9 Å². The number of carboxylic acids is 1. The number of methoxy groups -OCH3 is 1. The Labute approximate surface area is 251 Å². The number of unbranched alkanes of at least 4 members (excludes halogenated alkanes) is 1. The number of amides is 1. The van der Waals surface area contributed by atoms with Gasteiger partial charge in [-0.3, -0.25) is 14.5 Å². The van der Waals surface area contributed by atoms with Crippen LogP contribution in [0.2, 0.25) is 0 Å². The topological polar surface area (TPSA) is 140 Å². The van der Waals surface area contributed by atoms with E-state index in [2.05, 4.69) is 16.9 Å². The second-order valence-corrected chi connectivity index (χ2v) is 10.9. The molecule has 0 saturated carbocycles. The standard InChI is InChI=1S/C32H39N5O6/c1-3-4-13-37(23-8-5-7-21(14-23)17-33)29(38)19-36-18-24(22-15-26(41-2)31-27(16-22)42-20-43-31)30(32(39)40)25(36)9-10-28-34-11-6-12-35-28/h5-8,11-12,14-16,24-25,30H,3-4,9-10,13,17-20,33H2,1-2H3,(H,39,40)/t24-,25+,30-/m1/s1. The Morgan fingerprint density at radius 2 is 1.98 bits per heavy atom. The Hall–Kier alpha value is -4.22. The van der Waals surface area contributed by atoms with Crippen LogP contribution in [0.4, 0.5) is 5.69 Å². The molecule has 43 heavy (non-hydrogen) atoms. The van der Waals surface area contributed by atoms with Crippen LogP contribution in [0.5, 0.6) is 17.2 Å². The van der Waals surface area contributed by atoms with Crippen LogP contribution >= 0.6 is 0 Å². The maximum Gasteiger partial charge on any atom is 0.308 e. The molecule has 1 amide bonds. The van der Waals surface area contributed by atoms with Gasteiger partial charge < -0.3 is 30.0 Å². The molecule has 2 aromatic carbocycles. The van der Waals surface area contributed by atoms with E-state index in [0.717, 1.165) is 29.7 Å². The number of aromatic nitrogens is 2. The fourth-order valence-corrected chi connectivity index (χ4v) is 6.11. The number of hydrogen-bond donors (Lipinski definition) is 2. The van der Waals surface area contributed by atoms with Gasteiger partial charge in [-0.05, 0) is 54.3 Å².